The van der Waals surface area contributed by atoms with E-state index in [0.717, 1.165) is 22.5 Å². The summed E-state index contributed by atoms with van der Waals surface area (Å²) in [4.78, 5) is 14.3. The molecule has 5 heteroatoms. The van der Waals surface area contributed by atoms with E-state index in [4.69, 9.17) is 20.3 Å². The van der Waals surface area contributed by atoms with Gasteiger partial charge in [-0.2, -0.15) is 5.70 Å². The third-order valence-corrected chi connectivity index (χ3v) is 9.58. The van der Waals surface area contributed by atoms with Crippen molar-refractivity contribution < 1.29 is 20.1 Å². The molecule has 2 aromatic carbocycles. The third-order valence-electron chi connectivity index (χ3n) is 9.58. The summed E-state index contributed by atoms with van der Waals surface area (Å²) >= 11 is 0. The number of pyridine rings is 2. The van der Waals surface area contributed by atoms with E-state index in [9.17, 15) is 0 Å². The summed E-state index contributed by atoms with van der Waals surface area (Å²) in [5.41, 5.74) is 9.05. The van der Waals surface area contributed by atoms with Crippen LogP contribution in [0.15, 0.2) is 65.4 Å². The van der Waals surface area contributed by atoms with E-state index in [1.165, 1.54) is 103 Å². The van der Waals surface area contributed by atoms with Gasteiger partial charge in [-0.15, -0.1) is 29.3 Å². The molecule has 4 aromatic rings. The number of fused-ring (bicyclic) bond motifs is 4. The topological polar surface area (TPSA) is 52.2 Å². The van der Waals surface area contributed by atoms with E-state index in [0.29, 0.717) is 12.1 Å². The molecular weight excluding hydrogens is 717 g/mol. The van der Waals surface area contributed by atoms with E-state index in [-0.39, 0.29) is 25.5 Å². The molecule has 0 N–H and O–H groups in total. The predicted molar refractivity (Wildman–Crippen MR) is 182 cm³/mol. The van der Waals surface area contributed by atoms with E-state index < -0.39 is 0 Å². The Morgan fingerprint density at radius 2 is 1.68 bits per heavy atom. The Morgan fingerprint density at radius 3 is 2.43 bits per heavy atom. The first kappa shape index (κ1) is 32.5. The van der Waals surface area contributed by atoms with Crippen molar-refractivity contribution in [2.45, 2.75) is 116 Å². The van der Waals surface area contributed by atoms with Gasteiger partial charge >= 0.3 is 0 Å². The largest absolute Gasteiger partial charge is 0.685 e. The van der Waals surface area contributed by atoms with Gasteiger partial charge in [0.15, 0.2) is 0 Å². The van der Waals surface area contributed by atoms with E-state index >= 15 is 0 Å². The standard InChI is InChI=1S/C22H17N2.C17H29N2.Ir/c1-13-12-17-19-18(24-13)10-11-23-21(19)16-9-8-14-6-4-5-7-15(14)20(16)22(17,2)3;1-14(18-16-9-5-3-6-10-16)13-15(2)19-17-11-7-4-8-12-17;/h4-8,10-12H,1-3H3;13,16-17H,3-12H2,1-2H3;/q2*-1;/b;14-13-,19-15?;. The van der Waals surface area contributed by atoms with Crippen LogP contribution in [0, 0.1) is 13.0 Å². The minimum absolute atomic E-state index is 0. The zero-order valence-electron chi connectivity index (χ0n) is 27.0. The van der Waals surface area contributed by atoms with Gasteiger partial charge in [-0.3, -0.25) is 9.98 Å². The molecule has 3 aliphatic rings. The quantitative estimate of drug-likeness (QED) is 0.154. The second-order valence-corrected chi connectivity index (χ2v) is 13.4. The Bertz CT molecular complexity index is 1670. The number of aromatic nitrogens is 2. The zero-order valence-corrected chi connectivity index (χ0v) is 29.4. The summed E-state index contributed by atoms with van der Waals surface area (Å²) < 4.78 is 0. The number of aliphatic imine (C=N–C) groups is 1. The average molecular weight is 763 g/mol. The average Bonchev–Trinajstić information content (AvgIpc) is 3.00. The van der Waals surface area contributed by atoms with Crippen LogP contribution >= 0.6 is 0 Å². The summed E-state index contributed by atoms with van der Waals surface area (Å²) in [5.74, 6) is 0. The molecule has 0 spiro atoms. The summed E-state index contributed by atoms with van der Waals surface area (Å²) in [6.45, 7) is 10.9. The molecule has 1 radical (unpaired) electrons. The van der Waals surface area contributed by atoms with Gasteiger partial charge in [-0.05, 0) is 60.9 Å². The number of aryl methyl sites for hydroxylation is 1. The fraction of sp³-hybridized carbons (Fsp3) is 0.462. The number of rotatable bonds is 4. The van der Waals surface area contributed by atoms with Crippen molar-refractivity contribution in [2.75, 3.05) is 0 Å². The molecule has 2 saturated carbocycles. The molecule has 2 heterocycles. The molecule has 0 aliphatic heterocycles. The van der Waals surface area contributed by atoms with Crippen LogP contribution < -0.4 is 0 Å². The van der Waals surface area contributed by atoms with Crippen LogP contribution in [0.4, 0.5) is 0 Å². The summed E-state index contributed by atoms with van der Waals surface area (Å²) in [6.07, 6.45) is 17.4. The van der Waals surface area contributed by atoms with Crippen LogP contribution in [0.2, 0.25) is 0 Å². The normalized spacial score (nSPS) is 18.7. The van der Waals surface area contributed by atoms with E-state index in [2.05, 4.69) is 83.2 Å². The van der Waals surface area contributed by atoms with Gasteiger partial charge in [-0.25, -0.2) is 0 Å². The van der Waals surface area contributed by atoms with Gasteiger partial charge in [0.2, 0.25) is 0 Å². The first-order chi connectivity index (χ1) is 20.8. The maximum Gasteiger partial charge on any atom is 0.0651 e. The van der Waals surface area contributed by atoms with Crippen molar-refractivity contribution in [1.82, 2.24) is 9.97 Å². The molecular formula is C39H46IrN4-2. The van der Waals surface area contributed by atoms with Gasteiger partial charge in [-0.1, -0.05) is 113 Å². The van der Waals surface area contributed by atoms with Gasteiger partial charge < -0.3 is 10.3 Å². The maximum absolute atomic E-state index is 4.85. The molecule has 2 aromatic heterocycles. The number of hydrogen-bond donors (Lipinski definition) is 0. The van der Waals surface area contributed by atoms with Gasteiger partial charge in [0.1, 0.15) is 0 Å². The Labute approximate surface area is 277 Å². The van der Waals surface area contributed by atoms with Crippen molar-refractivity contribution in [1.29, 1.82) is 0 Å². The monoisotopic (exact) mass is 763 g/mol. The first-order valence-electron chi connectivity index (χ1n) is 16.5. The molecule has 44 heavy (non-hydrogen) atoms. The zero-order chi connectivity index (χ0) is 30.0. The first-order valence-corrected chi connectivity index (χ1v) is 16.5. The summed E-state index contributed by atoms with van der Waals surface area (Å²) in [7, 11) is 0. The number of nitrogens with zero attached hydrogens (tertiary/aromatic N) is 4. The molecule has 3 aliphatic carbocycles. The van der Waals surface area contributed by atoms with Crippen LogP contribution in [0.25, 0.3) is 38.2 Å². The number of allylic oxidation sites excluding steroid dienone is 2. The van der Waals surface area contributed by atoms with Crippen LogP contribution in [-0.2, 0) is 25.5 Å². The van der Waals surface area contributed by atoms with Crippen LogP contribution in [0.5, 0.6) is 0 Å². The van der Waals surface area contributed by atoms with Crippen molar-refractivity contribution in [3.8, 4) is 11.3 Å². The third kappa shape index (κ3) is 6.85. The minimum atomic E-state index is -0.116. The number of hydrogen-bond acceptors (Lipinski definition) is 3. The Hall–Kier alpha value is -2.88. The van der Waals surface area contributed by atoms with Crippen LogP contribution in [0.1, 0.15) is 109 Å². The van der Waals surface area contributed by atoms with E-state index in [1.807, 2.05) is 12.3 Å². The van der Waals surface area contributed by atoms with E-state index in [1.54, 1.807) is 0 Å². The molecule has 0 saturated heterocycles. The van der Waals surface area contributed by atoms with Crippen LogP contribution in [-0.4, -0.2) is 27.8 Å². The van der Waals surface area contributed by atoms with Gasteiger partial charge in [0, 0.05) is 37.7 Å². The predicted octanol–water partition coefficient (Wildman–Crippen LogP) is 10.6. The van der Waals surface area contributed by atoms with Crippen molar-refractivity contribution in [2.24, 2.45) is 4.99 Å². The molecule has 0 bridgehead atoms. The van der Waals surface area contributed by atoms with Crippen molar-refractivity contribution in [3.05, 3.63) is 88.6 Å². The van der Waals surface area contributed by atoms with Crippen LogP contribution in [0.3, 0.4) is 0 Å². The molecule has 2 fully saturated rings. The van der Waals surface area contributed by atoms with Crippen molar-refractivity contribution >= 4 is 27.4 Å². The SMILES string of the molecule is CC(/C=C(/C)[N-]C1CCCCC1)=NC1CCCCC1.Cc1cc2c3c(nccc3n1)-c1[c-]cc3ccccc3c1C2(C)C.[Ir]. The fourth-order valence-corrected chi connectivity index (χ4v) is 7.55. The smallest absolute Gasteiger partial charge is 0.0651 e. The Kier molecular flexibility index (Phi) is 10.4. The van der Waals surface area contributed by atoms with Crippen molar-refractivity contribution in [3.63, 3.8) is 0 Å². The summed E-state index contributed by atoms with van der Waals surface area (Å²) in [5, 5.41) is 8.54. The molecule has 7 rings (SSSR count). The summed E-state index contributed by atoms with van der Waals surface area (Å²) in [6, 6.07) is 19.5. The number of benzene rings is 2. The Balaban J connectivity index is 0.000000176. The fourth-order valence-electron chi connectivity index (χ4n) is 7.55. The second kappa shape index (κ2) is 14.0. The molecule has 0 amide bonds. The van der Waals surface area contributed by atoms with Gasteiger partial charge in [0.25, 0.3) is 0 Å². The Morgan fingerprint density at radius 1 is 0.977 bits per heavy atom. The maximum atomic E-state index is 4.85. The molecule has 233 valence electrons. The second-order valence-electron chi connectivity index (χ2n) is 13.4. The minimum Gasteiger partial charge on any atom is -0.685 e. The van der Waals surface area contributed by atoms with Gasteiger partial charge in [0.05, 0.1) is 11.6 Å². The molecule has 0 atom stereocenters. The molecule has 4 nitrogen and oxygen atoms in total. The molecule has 0 unspecified atom stereocenters.